The van der Waals surface area contributed by atoms with Crippen molar-refractivity contribution in [3.63, 3.8) is 0 Å². The molecule has 0 heterocycles. The van der Waals surface area contributed by atoms with Crippen molar-refractivity contribution in [3.05, 3.63) is 71.8 Å². The fourth-order valence-electron chi connectivity index (χ4n) is 3.38. The molecule has 2 N–H and O–H groups in total. The summed E-state index contributed by atoms with van der Waals surface area (Å²) in [5.74, 6) is 0.257. The number of carbonyl (C=O) groups excluding carboxylic acids is 2. The van der Waals surface area contributed by atoms with Crippen LogP contribution >= 0.6 is 0 Å². The number of hydrogen-bond donors (Lipinski definition) is 2. The van der Waals surface area contributed by atoms with Crippen molar-refractivity contribution in [2.75, 3.05) is 26.7 Å². The highest BCUT2D eigenvalue weighted by molar-refractivity contribution is 5.95. The van der Waals surface area contributed by atoms with Gasteiger partial charge < -0.3 is 15.4 Å². The monoisotopic (exact) mass is 423 g/mol. The van der Waals surface area contributed by atoms with Crippen LogP contribution in [0, 0.1) is 0 Å². The molecule has 0 fully saturated rings. The standard InChI is InChI=1S/C25H33N3O3/c1-5-28(6-2)23(21-13-10-14-22(17-21)31-4)18-26-25(30)19(3)27-24(29)16-15-20-11-8-7-9-12-20/h7-17,19,23H,5-6,18H2,1-4H3,(H,26,30)(H,27,29)/b16-15+. The Morgan fingerprint density at radius 3 is 2.42 bits per heavy atom. The van der Waals surface area contributed by atoms with Crippen molar-refractivity contribution in [1.29, 1.82) is 0 Å². The number of benzene rings is 2. The van der Waals surface area contributed by atoms with E-state index in [9.17, 15) is 9.59 Å². The van der Waals surface area contributed by atoms with Gasteiger partial charge in [-0.3, -0.25) is 14.5 Å². The minimum absolute atomic E-state index is 0.00919. The van der Waals surface area contributed by atoms with Crippen LogP contribution in [0.4, 0.5) is 0 Å². The van der Waals surface area contributed by atoms with E-state index in [1.54, 1.807) is 20.1 Å². The Kier molecular flexibility index (Phi) is 9.78. The predicted octanol–water partition coefficient (Wildman–Crippen LogP) is 3.41. The van der Waals surface area contributed by atoms with Crippen LogP contribution in [0.5, 0.6) is 5.75 Å². The van der Waals surface area contributed by atoms with Crippen LogP contribution in [-0.2, 0) is 9.59 Å². The minimum atomic E-state index is -0.643. The number of methoxy groups -OCH3 is 1. The average molecular weight is 424 g/mol. The summed E-state index contributed by atoms with van der Waals surface area (Å²) < 4.78 is 5.35. The molecule has 2 amide bonds. The molecule has 0 aliphatic heterocycles. The Balaban J connectivity index is 1.97. The summed E-state index contributed by atoms with van der Waals surface area (Å²) in [6.07, 6.45) is 3.16. The van der Waals surface area contributed by atoms with Gasteiger partial charge in [-0.15, -0.1) is 0 Å². The highest BCUT2D eigenvalue weighted by Crippen LogP contribution is 2.23. The molecule has 0 aliphatic carbocycles. The summed E-state index contributed by atoms with van der Waals surface area (Å²) in [7, 11) is 1.64. The maximum atomic E-state index is 12.6. The van der Waals surface area contributed by atoms with E-state index in [4.69, 9.17) is 4.74 Å². The molecule has 2 rings (SSSR count). The zero-order chi connectivity index (χ0) is 22.6. The first kappa shape index (κ1) is 24.2. The molecule has 0 aliphatic rings. The van der Waals surface area contributed by atoms with E-state index in [0.717, 1.165) is 30.0 Å². The summed E-state index contributed by atoms with van der Waals surface area (Å²) in [5.41, 5.74) is 2.00. The molecule has 2 aromatic carbocycles. The van der Waals surface area contributed by atoms with Gasteiger partial charge in [0.05, 0.1) is 13.2 Å². The van der Waals surface area contributed by atoms with Crippen LogP contribution in [0.25, 0.3) is 6.08 Å². The van der Waals surface area contributed by atoms with Crippen molar-refractivity contribution in [1.82, 2.24) is 15.5 Å². The molecule has 0 aromatic heterocycles. The fourth-order valence-corrected chi connectivity index (χ4v) is 3.38. The van der Waals surface area contributed by atoms with Gasteiger partial charge in [0.25, 0.3) is 0 Å². The summed E-state index contributed by atoms with van der Waals surface area (Å²) in [5, 5.41) is 5.70. The maximum absolute atomic E-state index is 12.6. The summed E-state index contributed by atoms with van der Waals surface area (Å²) in [6.45, 7) is 8.02. The Morgan fingerprint density at radius 1 is 1.06 bits per heavy atom. The second-order valence-corrected chi connectivity index (χ2v) is 7.23. The SMILES string of the molecule is CCN(CC)C(CNC(=O)C(C)NC(=O)/C=C/c1ccccc1)c1cccc(OC)c1. The molecule has 6 nitrogen and oxygen atoms in total. The van der Waals surface area contributed by atoms with Gasteiger partial charge in [0.15, 0.2) is 0 Å². The quantitative estimate of drug-likeness (QED) is 0.544. The van der Waals surface area contributed by atoms with E-state index in [2.05, 4.69) is 29.4 Å². The van der Waals surface area contributed by atoms with Gasteiger partial charge in [0.1, 0.15) is 11.8 Å². The zero-order valence-electron chi connectivity index (χ0n) is 18.8. The first-order chi connectivity index (χ1) is 15.0. The van der Waals surface area contributed by atoms with Crippen molar-refractivity contribution in [3.8, 4) is 5.75 Å². The first-order valence-corrected chi connectivity index (χ1v) is 10.7. The molecule has 6 heteroatoms. The number of rotatable bonds is 11. The number of hydrogen-bond acceptors (Lipinski definition) is 4. The van der Waals surface area contributed by atoms with Gasteiger partial charge in [0.2, 0.25) is 11.8 Å². The average Bonchev–Trinajstić information content (AvgIpc) is 2.80. The first-order valence-electron chi connectivity index (χ1n) is 10.7. The lowest BCUT2D eigenvalue weighted by Gasteiger charge is -2.31. The third kappa shape index (κ3) is 7.57. The van der Waals surface area contributed by atoms with Crippen molar-refractivity contribution in [2.45, 2.75) is 32.9 Å². The van der Waals surface area contributed by atoms with Gasteiger partial charge in [-0.05, 0) is 49.3 Å². The molecule has 0 saturated heterocycles. The predicted molar refractivity (Wildman–Crippen MR) is 125 cm³/mol. The molecule has 31 heavy (non-hydrogen) atoms. The molecular formula is C25H33N3O3. The van der Waals surface area contributed by atoms with Gasteiger partial charge in [0, 0.05) is 12.6 Å². The second kappa shape index (κ2) is 12.5. The number of carbonyl (C=O) groups is 2. The van der Waals surface area contributed by atoms with E-state index in [-0.39, 0.29) is 17.9 Å². The summed E-state index contributed by atoms with van der Waals surface area (Å²) in [6, 6.07) is 16.8. The Bertz CT molecular complexity index is 863. The molecule has 0 bridgehead atoms. The second-order valence-electron chi connectivity index (χ2n) is 7.23. The molecule has 166 valence electrons. The lowest BCUT2D eigenvalue weighted by molar-refractivity contribution is -0.126. The van der Waals surface area contributed by atoms with E-state index < -0.39 is 6.04 Å². The number of ether oxygens (including phenoxy) is 1. The van der Waals surface area contributed by atoms with Crippen LogP contribution in [0.3, 0.4) is 0 Å². The van der Waals surface area contributed by atoms with E-state index >= 15 is 0 Å². The number of amides is 2. The van der Waals surface area contributed by atoms with Crippen LogP contribution < -0.4 is 15.4 Å². The summed E-state index contributed by atoms with van der Waals surface area (Å²) in [4.78, 5) is 27.1. The Labute approximate surface area is 185 Å². The van der Waals surface area contributed by atoms with Crippen LogP contribution in [0.15, 0.2) is 60.7 Å². The molecule has 2 unspecified atom stereocenters. The number of nitrogens with zero attached hydrogens (tertiary/aromatic N) is 1. The van der Waals surface area contributed by atoms with Crippen molar-refractivity contribution >= 4 is 17.9 Å². The van der Waals surface area contributed by atoms with Crippen molar-refractivity contribution < 1.29 is 14.3 Å². The van der Waals surface area contributed by atoms with Crippen LogP contribution in [-0.4, -0.2) is 49.5 Å². The third-order valence-electron chi connectivity index (χ3n) is 5.18. The number of nitrogens with one attached hydrogen (secondary N) is 2. The normalized spacial score (nSPS) is 13.1. The minimum Gasteiger partial charge on any atom is -0.497 e. The maximum Gasteiger partial charge on any atom is 0.244 e. The lowest BCUT2D eigenvalue weighted by atomic mass is 10.0. The van der Waals surface area contributed by atoms with E-state index in [1.807, 2.05) is 54.6 Å². The molecule has 2 atom stereocenters. The fraction of sp³-hybridized carbons (Fsp3) is 0.360. The summed E-state index contributed by atoms with van der Waals surface area (Å²) >= 11 is 0. The molecule has 2 aromatic rings. The van der Waals surface area contributed by atoms with E-state index in [1.165, 1.54) is 6.08 Å². The van der Waals surface area contributed by atoms with Crippen LogP contribution in [0.1, 0.15) is 37.9 Å². The zero-order valence-corrected chi connectivity index (χ0v) is 18.8. The van der Waals surface area contributed by atoms with Gasteiger partial charge in [-0.25, -0.2) is 0 Å². The smallest absolute Gasteiger partial charge is 0.244 e. The van der Waals surface area contributed by atoms with Gasteiger partial charge >= 0.3 is 0 Å². The van der Waals surface area contributed by atoms with Gasteiger partial charge in [-0.1, -0.05) is 56.3 Å². The molecule has 0 spiro atoms. The van der Waals surface area contributed by atoms with E-state index in [0.29, 0.717) is 6.54 Å². The highest BCUT2D eigenvalue weighted by Gasteiger charge is 2.21. The Hall–Kier alpha value is -3.12. The van der Waals surface area contributed by atoms with Crippen molar-refractivity contribution in [2.24, 2.45) is 0 Å². The number of likely N-dealkylation sites (N-methyl/N-ethyl adjacent to an activating group) is 1. The van der Waals surface area contributed by atoms with Crippen LogP contribution in [0.2, 0.25) is 0 Å². The van der Waals surface area contributed by atoms with Gasteiger partial charge in [-0.2, -0.15) is 0 Å². The highest BCUT2D eigenvalue weighted by atomic mass is 16.5. The Morgan fingerprint density at radius 2 is 1.77 bits per heavy atom. The third-order valence-corrected chi connectivity index (χ3v) is 5.18. The largest absolute Gasteiger partial charge is 0.497 e. The molecule has 0 saturated carbocycles. The topological polar surface area (TPSA) is 70.7 Å². The molecule has 0 radical (unpaired) electrons. The molecular weight excluding hydrogens is 390 g/mol. The lowest BCUT2D eigenvalue weighted by Crippen LogP contribution is -2.47.